The van der Waals surface area contributed by atoms with Gasteiger partial charge in [0.15, 0.2) is 0 Å². The fourth-order valence-corrected chi connectivity index (χ4v) is 4.58. The van der Waals surface area contributed by atoms with Crippen LogP contribution in [-0.2, 0) is 30.4 Å². The van der Waals surface area contributed by atoms with Gasteiger partial charge in [0, 0.05) is 32.0 Å². The maximum atomic E-state index is 13.5. The number of amides is 4. The van der Waals surface area contributed by atoms with Gasteiger partial charge in [-0.05, 0) is 36.3 Å². The molecule has 1 aromatic carbocycles. The molecule has 2 aromatic rings. The van der Waals surface area contributed by atoms with Gasteiger partial charge in [0.2, 0.25) is 35.4 Å². The second-order valence-electron chi connectivity index (χ2n) is 10.3. The predicted octanol–water partition coefficient (Wildman–Crippen LogP) is 0.877. The maximum absolute atomic E-state index is 13.5. The molecule has 14 heteroatoms. The summed E-state index contributed by atoms with van der Waals surface area (Å²) in [4.78, 5) is 68.5. The molecule has 0 saturated carbocycles. The number of aromatic nitrogens is 1. The number of carbonyl (C=O) groups is 5. The quantitative estimate of drug-likeness (QED) is 0.149. The number of nitrogens with one attached hydrogen (secondary N) is 4. The van der Waals surface area contributed by atoms with Gasteiger partial charge in [-0.2, -0.15) is 11.8 Å². The molecule has 0 aliphatic heterocycles. The van der Waals surface area contributed by atoms with Gasteiger partial charge in [0.1, 0.15) is 18.1 Å². The normalized spacial score (nSPS) is 13.0. The highest BCUT2D eigenvalue weighted by atomic mass is 32.2. The van der Waals surface area contributed by atoms with Crippen molar-refractivity contribution in [1.29, 1.82) is 0 Å². The molecule has 13 nitrogen and oxygen atoms in total. The van der Waals surface area contributed by atoms with Crippen LogP contribution in [0.25, 0.3) is 0 Å². The van der Waals surface area contributed by atoms with Crippen molar-refractivity contribution in [2.75, 3.05) is 18.6 Å². The summed E-state index contributed by atoms with van der Waals surface area (Å²) in [6.45, 7) is 4.96. The van der Waals surface area contributed by atoms with E-state index in [2.05, 4.69) is 21.3 Å². The molecule has 0 radical (unpaired) electrons. The Hall–Kier alpha value is -4.20. The number of thioether (sulfide) groups is 1. The Morgan fingerprint density at radius 2 is 1.47 bits per heavy atom. The lowest BCUT2D eigenvalue weighted by Gasteiger charge is -2.26. The first-order chi connectivity index (χ1) is 20.4. The van der Waals surface area contributed by atoms with Crippen LogP contribution in [0.5, 0.6) is 11.8 Å². The van der Waals surface area contributed by atoms with Crippen LogP contribution in [-0.4, -0.2) is 81.2 Å². The summed E-state index contributed by atoms with van der Waals surface area (Å²) >= 11 is 1.53. The molecule has 6 N–H and O–H groups in total. The highest BCUT2D eigenvalue weighted by molar-refractivity contribution is 7.98. The molecule has 3 atom stereocenters. The van der Waals surface area contributed by atoms with Crippen molar-refractivity contribution in [3.8, 4) is 11.8 Å². The van der Waals surface area contributed by atoms with Crippen molar-refractivity contribution >= 4 is 41.4 Å². The third-order valence-corrected chi connectivity index (χ3v) is 6.82. The van der Waals surface area contributed by atoms with Crippen LogP contribution < -0.4 is 26.1 Å². The summed E-state index contributed by atoms with van der Waals surface area (Å²) in [6.07, 6.45) is 2.40. The minimum atomic E-state index is -1.04. The average Bonchev–Trinajstić information content (AvgIpc) is 3.26. The molecule has 0 aliphatic carbocycles. The second kappa shape index (κ2) is 17.7. The van der Waals surface area contributed by atoms with Crippen LogP contribution in [0.4, 0.5) is 0 Å². The Labute approximate surface area is 255 Å². The first-order valence-corrected chi connectivity index (χ1v) is 15.3. The summed E-state index contributed by atoms with van der Waals surface area (Å²) in [5.74, 6) is -3.13. The number of benzene rings is 1. The van der Waals surface area contributed by atoms with E-state index < -0.39 is 53.6 Å². The monoisotopic (exact) mass is 619 g/mol. The van der Waals surface area contributed by atoms with Gasteiger partial charge in [0.05, 0.1) is 6.42 Å². The lowest BCUT2D eigenvalue weighted by molar-refractivity contribution is -0.145. The Kier molecular flexibility index (Phi) is 14.4. The zero-order chi connectivity index (χ0) is 31.9. The highest BCUT2D eigenvalue weighted by Gasteiger charge is 2.30. The minimum Gasteiger partial charge on any atom is -0.492 e. The van der Waals surface area contributed by atoms with E-state index in [0.29, 0.717) is 16.9 Å². The summed E-state index contributed by atoms with van der Waals surface area (Å²) in [6, 6.07) is 8.47. The van der Waals surface area contributed by atoms with Crippen molar-refractivity contribution < 1.29 is 39.0 Å². The van der Waals surface area contributed by atoms with Gasteiger partial charge in [-0.15, -0.1) is 4.73 Å². The molecular formula is C29H41N5O8S. The Balaban J connectivity index is 2.12. The van der Waals surface area contributed by atoms with E-state index in [0.717, 1.165) is 17.7 Å². The number of carbonyl (C=O) groups excluding carboxylic acids is 5. The van der Waals surface area contributed by atoms with E-state index in [4.69, 9.17) is 4.84 Å². The maximum Gasteiger partial charge on any atom is 0.334 e. The summed E-state index contributed by atoms with van der Waals surface area (Å²) < 4.78 is 0.545. The molecule has 0 aliphatic rings. The van der Waals surface area contributed by atoms with Crippen molar-refractivity contribution in [3.63, 3.8) is 0 Å². The summed E-state index contributed by atoms with van der Waals surface area (Å²) in [5, 5.41) is 30.0. The summed E-state index contributed by atoms with van der Waals surface area (Å²) in [7, 11) is 0. The van der Waals surface area contributed by atoms with Crippen LogP contribution in [0.15, 0.2) is 42.5 Å². The minimum absolute atomic E-state index is 0.0213. The molecule has 4 amide bonds. The molecule has 1 aromatic heterocycles. The molecule has 0 saturated heterocycles. The van der Waals surface area contributed by atoms with Gasteiger partial charge in [0.25, 0.3) is 0 Å². The van der Waals surface area contributed by atoms with Crippen molar-refractivity contribution in [2.24, 2.45) is 5.92 Å². The fourth-order valence-electron chi connectivity index (χ4n) is 4.11. The van der Waals surface area contributed by atoms with E-state index in [-0.39, 0.29) is 37.6 Å². The number of hydrogen-bond acceptors (Lipinski definition) is 9. The van der Waals surface area contributed by atoms with E-state index in [9.17, 15) is 34.2 Å². The van der Waals surface area contributed by atoms with Gasteiger partial charge in [-0.25, -0.2) is 4.79 Å². The highest BCUT2D eigenvalue weighted by Crippen LogP contribution is 2.18. The predicted molar refractivity (Wildman–Crippen MR) is 161 cm³/mol. The number of hydrogen-bond donors (Lipinski definition) is 6. The Morgan fingerprint density at radius 1 is 0.860 bits per heavy atom. The lowest BCUT2D eigenvalue weighted by Crippen LogP contribution is -2.57. The van der Waals surface area contributed by atoms with E-state index in [1.54, 1.807) is 24.3 Å². The molecule has 0 spiro atoms. The zero-order valence-electron chi connectivity index (χ0n) is 24.8. The van der Waals surface area contributed by atoms with Crippen molar-refractivity contribution in [3.05, 3.63) is 48.0 Å². The smallest absolute Gasteiger partial charge is 0.334 e. The number of nitrogens with zero attached hydrogens (tertiary/aromatic N) is 1. The molecule has 0 bridgehead atoms. The topological polar surface area (TPSA) is 188 Å². The van der Waals surface area contributed by atoms with Crippen LogP contribution >= 0.6 is 11.8 Å². The SMILES string of the molecule is CSCCC(NC(C)=O)C(=O)NC(CC(C)C)C(=O)NC(Cc1ccccc1)C(=O)NCCC(=O)On1c(O)ccc1O. The van der Waals surface area contributed by atoms with Crippen LogP contribution in [0.1, 0.15) is 45.6 Å². The molecule has 236 valence electrons. The molecule has 3 unspecified atom stereocenters. The van der Waals surface area contributed by atoms with E-state index >= 15 is 0 Å². The summed E-state index contributed by atoms with van der Waals surface area (Å²) in [5.41, 5.74) is 0.771. The van der Waals surface area contributed by atoms with E-state index in [1.807, 2.05) is 26.2 Å². The first kappa shape index (κ1) is 35.0. The van der Waals surface area contributed by atoms with Crippen LogP contribution in [0.2, 0.25) is 0 Å². The molecule has 43 heavy (non-hydrogen) atoms. The zero-order valence-corrected chi connectivity index (χ0v) is 25.6. The fraction of sp³-hybridized carbons (Fsp3) is 0.483. The largest absolute Gasteiger partial charge is 0.492 e. The lowest BCUT2D eigenvalue weighted by atomic mass is 10.0. The van der Waals surface area contributed by atoms with Crippen LogP contribution in [0.3, 0.4) is 0 Å². The van der Waals surface area contributed by atoms with Gasteiger partial charge in [-0.1, -0.05) is 44.2 Å². The molecular weight excluding hydrogens is 578 g/mol. The van der Waals surface area contributed by atoms with E-state index in [1.165, 1.54) is 18.7 Å². The molecule has 2 rings (SSSR count). The van der Waals surface area contributed by atoms with Gasteiger partial charge >= 0.3 is 5.97 Å². The average molecular weight is 620 g/mol. The first-order valence-electron chi connectivity index (χ1n) is 13.9. The van der Waals surface area contributed by atoms with Gasteiger partial charge in [-0.3, -0.25) is 19.2 Å². The standard InChI is InChI=1S/C29H41N5O8S/c1-18(2)16-22(32-28(40)21(13-15-43-4)31-19(3)35)29(41)33-23(17-20-8-6-5-7-9-20)27(39)30-14-12-26(38)42-34-24(36)10-11-25(34)37/h5-11,18,21-23,36-37H,12-17H2,1-4H3,(H,30,39)(H,31,35)(H,32,40)(H,33,41). The third kappa shape index (κ3) is 12.3. The Bertz CT molecular complexity index is 1220. The van der Waals surface area contributed by atoms with Crippen molar-refractivity contribution in [2.45, 2.75) is 64.6 Å². The molecule has 0 fully saturated rings. The number of aromatic hydroxyl groups is 2. The second-order valence-corrected chi connectivity index (χ2v) is 11.3. The Morgan fingerprint density at radius 3 is 2.05 bits per heavy atom. The van der Waals surface area contributed by atoms with Gasteiger partial charge < -0.3 is 36.3 Å². The number of rotatable bonds is 17. The van der Waals surface area contributed by atoms with Crippen LogP contribution in [0, 0.1) is 5.92 Å². The third-order valence-electron chi connectivity index (χ3n) is 6.18. The molecule has 1 heterocycles. The van der Waals surface area contributed by atoms with Crippen molar-refractivity contribution in [1.82, 2.24) is 26.0 Å².